The van der Waals surface area contributed by atoms with Gasteiger partial charge in [0.15, 0.2) is 11.6 Å². The Hall–Kier alpha value is -2.09. The van der Waals surface area contributed by atoms with E-state index in [1.807, 2.05) is 4.57 Å². The van der Waals surface area contributed by atoms with Crippen molar-refractivity contribution < 1.29 is 0 Å². The molecule has 18 heavy (non-hydrogen) atoms. The molecule has 2 aromatic rings. The lowest BCUT2D eigenvalue weighted by Crippen LogP contribution is -2.35. The molecule has 0 amide bonds. The predicted molar refractivity (Wildman–Crippen MR) is 69.0 cm³/mol. The third kappa shape index (κ3) is 1.80. The van der Waals surface area contributed by atoms with E-state index in [0.717, 1.165) is 24.5 Å². The van der Waals surface area contributed by atoms with Gasteiger partial charge in [0.2, 0.25) is 0 Å². The SMILES string of the molecule is NC(=S)c1ccnnc1N1CCn2cnnc2C1. The molecule has 0 aliphatic carbocycles. The summed E-state index contributed by atoms with van der Waals surface area (Å²) in [5.74, 6) is 1.61. The van der Waals surface area contributed by atoms with Gasteiger partial charge in [-0.2, -0.15) is 5.10 Å². The van der Waals surface area contributed by atoms with E-state index in [1.165, 1.54) is 0 Å². The lowest BCUT2D eigenvalue weighted by atomic mass is 10.2. The maximum absolute atomic E-state index is 5.70. The van der Waals surface area contributed by atoms with Crippen molar-refractivity contribution in [2.24, 2.45) is 5.73 Å². The third-order valence-electron chi connectivity index (χ3n) is 2.91. The van der Waals surface area contributed by atoms with E-state index in [1.54, 1.807) is 18.6 Å². The van der Waals surface area contributed by atoms with Crippen LogP contribution < -0.4 is 10.6 Å². The highest BCUT2D eigenvalue weighted by Gasteiger charge is 2.21. The molecule has 1 aliphatic heterocycles. The first-order valence-corrected chi connectivity index (χ1v) is 5.89. The highest BCUT2D eigenvalue weighted by molar-refractivity contribution is 7.80. The zero-order valence-corrected chi connectivity index (χ0v) is 10.3. The summed E-state index contributed by atoms with van der Waals surface area (Å²) in [4.78, 5) is 2.39. The predicted octanol–water partition coefficient (Wildman–Crippen LogP) is -0.278. The van der Waals surface area contributed by atoms with Crippen molar-refractivity contribution in [3.63, 3.8) is 0 Å². The molecule has 2 N–H and O–H groups in total. The van der Waals surface area contributed by atoms with Crippen molar-refractivity contribution >= 4 is 23.0 Å². The molecular weight excluding hydrogens is 250 g/mol. The summed E-state index contributed by atoms with van der Waals surface area (Å²) < 4.78 is 2.02. The first-order valence-electron chi connectivity index (χ1n) is 5.49. The molecule has 0 bridgehead atoms. The van der Waals surface area contributed by atoms with E-state index in [4.69, 9.17) is 18.0 Å². The Morgan fingerprint density at radius 2 is 2.17 bits per heavy atom. The van der Waals surface area contributed by atoms with Crippen LogP contribution in [0.4, 0.5) is 5.82 Å². The van der Waals surface area contributed by atoms with Gasteiger partial charge in [-0.25, -0.2) is 0 Å². The van der Waals surface area contributed by atoms with Crippen molar-refractivity contribution in [1.29, 1.82) is 0 Å². The number of hydrogen-bond acceptors (Lipinski definition) is 6. The Bertz CT molecular complexity index is 593. The molecule has 0 radical (unpaired) electrons. The van der Waals surface area contributed by atoms with E-state index < -0.39 is 0 Å². The molecule has 3 rings (SSSR count). The maximum Gasteiger partial charge on any atom is 0.161 e. The lowest BCUT2D eigenvalue weighted by molar-refractivity contribution is 0.554. The standard InChI is InChI=1S/C10H11N7S/c11-9(18)7-1-2-12-15-10(7)16-3-4-17-6-13-14-8(17)5-16/h1-2,6H,3-5H2,(H2,11,18). The number of thiocarbonyl (C=S) groups is 1. The Morgan fingerprint density at radius 1 is 1.28 bits per heavy atom. The van der Waals surface area contributed by atoms with Gasteiger partial charge in [0.25, 0.3) is 0 Å². The molecule has 0 aromatic carbocycles. The average molecular weight is 261 g/mol. The van der Waals surface area contributed by atoms with Gasteiger partial charge in [-0.05, 0) is 6.07 Å². The minimum absolute atomic E-state index is 0.326. The van der Waals surface area contributed by atoms with Gasteiger partial charge >= 0.3 is 0 Å². The molecule has 8 heteroatoms. The fourth-order valence-electron chi connectivity index (χ4n) is 2.00. The Kier molecular flexibility index (Phi) is 2.63. The fraction of sp³-hybridized carbons (Fsp3) is 0.300. The van der Waals surface area contributed by atoms with Crippen LogP contribution in [0.2, 0.25) is 0 Å². The van der Waals surface area contributed by atoms with Crippen LogP contribution in [-0.2, 0) is 13.1 Å². The molecule has 0 unspecified atom stereocenters. The van der Waals surface area contributed by atoms with Crippen LogP contribution in [0.1, 0.15) is 11.4 Å². The number of anilines is 1. The zero-order valence-electron chi connectivity index (χ0n) is 9.52. The summed E-state index contributed by atoms with van der Waals surface area (Å²) in [6.07, 6.45) is 3.32. The minimum atomic E-state index is 0.326. The molecule has 3 heterocycles. The molecule has 0 saturated heterocycles. The monoisotopic (exact) mass is 261 g/mol. The second-order valence-electron chi connectivity index (χ2n) is 3.99. The van der Waals surface area contributed by atoms with E-state index in [2.05, 4.69) is 25.3 Å². The topological polar surface area (TPSA) is 85.8 Å². The van der Waals surface area contributed by atoms with Crippen LogP contribution in [0, 0.1) is 0 Å². The molecular formula is C10H11N7S. The average Bonchev–Trinajstić information content (AvgIpc) is 2.85. The Morgan fingerprint density at radius 3 is 3.00 bits per heavy atom. The summed E-state index contributed by atoms with van der Waals surface area (Å²) in [5.41, 5.74) is 6.44. The summed E-state index contributed by atoms with van der Waals surface area (Å²) >= 11 is 5.03. The summed E-state index contributed by atoms with van der Waals surface area (Å²) in [5, 5.41) is 16.0. The van der Waals surface area contributed by atoms with E-state index in [-0.39, 0.29) is 0 Å². The quantitative estimate of drug-likeness (QED) is 0.744. The van der Waals surface area contributed by atoms with E-state index in [9.17, 15) is 0 Å². The molecule has 0 fully saturated rings. The largest absolute Gasteiger partial charge is 0.389 e. The number of aromatic nitrogens is 5. The van der Waals surface area contributed by atoms with Crippen LogP contribution >= 0.6 is 12.2 Å². The van der Waals surface area contributed by atoms with Crippen LogP contribution in [-0.4, -0.2) is 36.5 Å². The van der Waals surface area contributed by atoms with Crippen LogP contribution in [0.5, 0.6) is 0 Å². The van der Waals surface area contributed by atoms with Gasteiger partial charge in [-0.3, -0.25) is 0 Å². The molecule has 7 nitrogen and oxygen atoms in total. The van der Waals surface area contributed by atoms with Crippen molar-refractivity contribution in [2.75, 3.05) is 11.4 Å². The van der Waals surface area contributed by atoms with Gasteiger partial charge < -0.3 is 15.2 Å². The first kappa shape index (κ1) is 11.0. The number of hydrogen-bond donors (Lipinski definition) is 1. The smallest absolute Gasteiger partial charge is 0.161 e. The molecule has 0 spiro atoms. The number of nitrogens with zero attached hydrogens (tertiary/aromatic N) is 6. The minimum Gasteiger partial charge on any atom is -0.389 e. The van der Waals surface area contributed by atoms with Gasteiger partial charge in [0, 0.05) is 13.1 Å². The van der Waals surface area contributed by atoms with Crippen LogP contribution in [0.15, 0.2) is 18.6 Å². The van der Waals surface area contributed by atoms with Crippen molar-refractivity contribution in [3.8, 4) is 0 Å². The highest BCUT2D eigenvalue weighted by atomic mass is 32.1. The highest BCUT2D eigenvalue weighted by Crippen LogP contribution is 2.20. The summed E-state index contributed by atoms with van der Waals surface area (Å²) in [6, 6.07) is 1.78. The normalized spacial score (nSPS) is 14.3. The van der Waals surface area contributed by atoms with Gasteiger partial charge in [-0.15, -0.1) is 15.3 Å². The third-order valence-corrected chi connectivity index (χ3v) is 3.12. The number of rotatable bonds is 2. The van der Waals surface area contributed by atoms with Gasteiger partial charge in [-0.1, -0.05) is 12.2 Å². The summed E-state index contributed by atoms with van der Waals surface area (Å²) in [7, 11) is 0. The van der Waals surface area contributed by atoms with Crippen molar-refractivity contribution in [2.45, 2.75) is 13.1 Å². The molecule has 2 aromatic heterocycles. The first-order chi connectivity index (χ1) is 8.75. The second kappa shape index (κ2) is 4.30. The second-order valence-corrected chi connectivity index (χ2v) is 4.43. The Balaban J connectivity index is 1.95. The van der Waals surface area contributed by atoms with Crippen molar-refractivity contribution in [3.05, 3.63) is 30.0 Å². The summed E-state index contributed by atoms with van der Waals surface area (Å²) in [6.45, 7) is 2.25. The molecule has 1 aliphatic rings. The number of fused-ring (bicyclic) bond motifs is 1. The molecule has 0 saturated carbocycles. The molecule has 0 atom stereocenters. The number of nitrogens with two attached hydrogens (primary N) is 1. The van der Waals surface area contributed by atoms with E-state index >= 15 is 0 Å². The Labute approximate surface area is 109 Å². The van der Waals surface area contributed by atoms with Gasteiger partial charge in [0.05, 0.1) is 18.3 Å². The van der Waals surface area contributed by atoms with Gasteiger partial charge in [0.1, 0.15) is 11.3 Å². The fourth-order valence-corrected chi connectivity index (χ4v) is 2.16. The maximum atomic E-state index is 5.70. The van der Waals surface area contributed by atoms with Crippen LogP contribution in [0.25, 0.3) is 0 Å². The lowest BCUT2D eigenvalue weighted by Gasteiger charge is -2.28. The van der Waals surface area contributed by atoms with Crippen molar-refractivity contribution in [1.82, 2.24) is 25.0 Å². The van der Waals surface area contributed by atoms with Crippen LogP contribution in [0.3, 0.4) is 0 Å². The molecule has 92 valence electrons. The zero-order chi connectivity index (χ0) is 12.5. The van der Waals surface area contributed by atoms with E-state index in [0.29, 0.717) is 17.4 Å².